The summed E-state index contributed by atoms with van der Waals surface area (Å²) in [7, 11) is 1.73. The van der Waals surface area contributed by atoms with E-state index < -0.39 is 17.8 Å². The maximum atomic E-state index is 13.7. The zero-order chi connectivity index (χ0) is 19.6. The third-order valence-corrected chi connectivity index (χ3v) is 4.31. The predicted molar refractivity (Wildman–Crippen MR) is 101 cm³/mol. The summed E-state index contributed by atoms with van der Waals surface area (Å²) in [5.41, 5.74) is 1.09. The summed E-state index contributed by atoms with van der Waals surface area (Å²) in [6.07, 6.45) is -0.980. The van der Waals surface area contributed by atoms with Crippen molar-refractivity contribution in [2.75, 3.05) is 5.32 Å². The molecule has 1 unspecified atom stereocenters. The summed E-state index contributed by atoms with van der Waals surface area (Å²) < 4.78 is 22.2. The highest BCUT2D eigenvalue weighted by atomic mass is 19.1. The van der Waals surface area contributed by atoms with E-state index in [1.54, 1.807) is 36.9 Å². The molecule has 27 heavy (non-hydrogen) atoms. The van der Waals surface area contributed by atoms with Crippen molar-refractivity contribution in [3.63, 3.8) is 0 Å². The van der Waals surface area contributed by atoms with E-state index in [4.69, 9.17) is 4.74 Å². The maximum Gasteiger partial charge on any atom is 0.295 e. The number of carbonyl (C=O) groups excluding carboxylic acids is 1. The number of aromatic nitrogens is 2. The van der Waals surface area contributed by atoms with E-state index in [0.717, 1.165) is 0 Å². The van der Waals surface area contributed by atoms with Gasteiger partial charge in [0.1, 0.15) is 5.69 Å². The molecule has 1 aromatic heterocycles. The third kappa shape index (κ3) is 3.62. The van der Waals surface area contributed by atoms with Gasteiger partial charge in [0.15, 0.2) is 17.7 Å². The number of benzene rings is 2. The lowest BCUT2D eigenvalue weighted by Crippen LogP contribution is -2.32. The average Bonchev–Trinajstić information content (AvgIpc) is 2.87. The zero-order valence-electron chi connectivity index (χ0n) is 15.3. The van der Waals surface area contributed by atoms with Crippen LogP contribution >= 0.6 is 0 Å². The van der Waals surface area contributed by atoms with Gasteiger partial charge in [-0.1, -0.05) is 30.3 Å². The fourth-order valence-electron chi connectivity index (χ4n) is 2.72. The Hall–Kier alpha value is -3.35. The minimum absolute atomic E-state index is 0.0216. The fourth-order valence-corrected chi connectivity index (χ4v) is 2.72. The van der Waals surface area contributed by atoms with Crippen molar-refractivity contribution in [1.82, 2.24) is 9.36 Å². The number of rotatable bonds is 5. The van der Waals surface area contributed by atoms with Crippen LogP contribution in [0.4, 0.5) is 10.1 Å². The van der Waals surface area contributed by atoms with Crippen LogP contribution in [0, 0.1) is 12.7 Å². The van der Waals surface area contributed by atoms with Gasteiger partial charge in [-0.05, 0) is 38.1 Å². The van der Waals surface area contributed by atoms with Crippen LogP contribution in [0.2, 0.25) is 0 Å². The first-order valence-corrected chi connectivity index (χ1v) is 8.46. The standard InChI is InChI=1S/C20H20FN3O3/c1-13-18(20(26)24(23(13)3)15-9-5-4-6-10-15)22-19(25)14(2)27-17-12-8-7-11-16(17)21/h4-12,14H,1-3H3,(H,22,25). The molecule has 0 aliphatic heterocycles. The van der Waals surface area contributed by atoms with Gasteiger partial charge in [-0.3, -0.25) is 14.3 Å². The smallest absolute Gasteiger partial charge is 0.295 e. The Morgan fingerprint density at radius 3 is 2.41 bits per heavy atom. The first kappa shape index (κ1) is 18.4. The summed E-state index contributed by atoms with van der Waals surface area (Å²) in [5, 5.41) is 2.61. The van der Waals surface area contributed by atoms with Gasteiger partial charge in [-0.2, -0.15) is 0 Å². The van der Waals surface area contributed by atoms with Gasteiger partial charge in [0.25, 0.3) is 11.5 Å². The van der Waals surface area contributed by atoms with Gasteiger partial charge in [-0.25, -0.2) is 9.07 Å². The van der Waals surface area contributed by atoms with Gasteiger partial charge in [0.2, 0.25) is 0 Å². The molecule has 1 N–H and O–H groups in total. The molecule has 0 aliphatic rings. The molecule has 0 radical (unpaired) electrons. The number of anilines is 1. The molecule has 6 nitrogen and oxygen atoms in total. The van der Waals surface area contributed by atoms with Gasteiger partial charge in [0, 0.05) is 7.05 Å². The molecule has 3 rings (SSSR count). The minimum atomic E-state index is -0.980. The fraction of sp³-hybridized carbons (Fsp3) is 0.200. The van der Waals surface area contributed by atoms with Crippen molar-refractivity contribution >= 4 is 11.6 Å². The molecule has 3 aromatic rings. The molecular formula is C20H20FN3O3. The molecule has 0 bridgehead atoms. The van der Waals surface area contributed by atoms with Crippen LogP contribution in [-0.2, 0) is 11.8 Å². The van der Waals surface area contributed by atoms with Crippen molar-refractivity contribution in [2.45, 2.75) is 20.0 Å². The molecule has 1 heterocycles. The highest BCUT2D eigenvalue weighted by Crippen LogP contribution is 2.18. The Kier molecular flexibility index (Phi) is 5.12. The Labute approximate surface area is 155 Å². The van der Waals surface area contributed by atoms with Crippen molar-refractivity contribution in [3.8, 4) is 11.4 Å². The molecular weight excluding hydrogens is 349 g/mol. The SMILES string of the molecule is Cc1c(NC(=O)C(C)Oc2ccccc2F)c(=O)n(-c2ccccc2)n1C. The highest BCUT2D eigenvalue weighted by Gasteiger charge is 2.22. The summed E-state index contributed by atoms with van der Waals surface area (Å²) in [4.78, 5) is 25.3. The number of hydrogen-bond acceptors (Lipinski definition) is 3. The minimum Gasteiger partial charge on any atom is -0.478 e. The van der Waals surface area contributed by atoms with Crippen LogP contribution in [0.25, 0.3) is 5.69 Å². The molecule has 0 aliphatic carbocycles. The van der Waals surface area contributed by atoms with Crippen molar-refractivity contribution in [3.05, 3.63) is 76.5 Å². The molecule has 0 fully saturated rings. The number of nitrogens with zero attached hydrogens (tertiary/aromatic N) is 2. The van der Waals surface area contributed by atoms with Gasteiger partial charge in [-0.15, -0.1) is 0 Å². The summed E-state index contributed by atoms with van der Waals surface area (Å²) in [6, 6.07) is 14.9. The first-order valence-electron chi connectivity index (χ1n) is 8.46. The van der Waals surface area contributed by atoms with E-state index in [1.807, 2.05) is 18.2 Å². The first-order chi connectivity index (χ1) is 12.9. The molecule has 0 saturated heterocycles. The van der Waals surface area contributed by atoms with E-state index >= 15 is 0 Å². The molecule has 0 spiro atoms. The normalized spacial score (nSPS) is 11.9. The number of ether oxygens (including phenoxy) is 1. The largest absolute Gasteiger partial charge is 0.478 e. The number of para-hydroxylation sites is 2. The number of carbonyl (C=O) groups is 1. The quantitative estimate of drug-likeness (QED) is 0.752. The van der Waals surface area contributed by atoms with Crippen LogP contribution in [0.3, 0.4) is 0 Å². The summed E-state index contributed by atoms with van der Waals surface area (Å²) >= 11 is 0. The third-order valence-electron chi connectivity index (χ3n) is 4.31. The van der Waals surface area contributed by atoms with Crippen LogP contribution < -0.4 is 15.6 Å². The second kappa shape index (κ2) is 7.49. The van der Waals surface area contributed by atoms with Gasteiger partial charge < -0.3 is 10.1 Å². The topological polar surface area (TPSA) is 65.3 Å². The van der Waals surface area contributed by atoms with Crippen LogP contribution in [-0.4, -0.2) is 21.4 Å². The van der Waals surface area contributed by atoms with Crippen molar-refractivity contribution < 1.29 is 13.9 Å². The summed E-state index contributed by atoms with van der Waals surface area (Å²) in [6.45, 7) is 3.23. The number of halogens is 1. The van der Waals surface area contributed by atoms with Crippen molar-refractivity contribution in [1.29, 1.82) is 0 Å². The number of nitrogens with one attached hydrogen (secondary N) is 1. The second-order valence-corrected chi connectivity index (χ2v) is 6.12. The van der Waals surface area contributed by atoms with E-state index in [9.17, 15) is 14.0 Å². The number of hydrogen-bond donors (Lipinski definition) is 1. The van der Waals surface area contributed by atoms with E-state index in [-0.39, 0.29) is 17.0 Å². The van der Waals surface area contributed by atoms with Gasteiger partial charge in [0.05, 0.1) is 11.4 Å². The Balaban J connectivity index is 1.84. The average molecular weight is 369 g/mol. The molecule has 7 heteroatoms. The molecule has 1 atom stereocenters. The Bertz CT molecular complexity index is 1020. The lowest BCUT2D eigenvalue weighted by molar-refractivity contribution is -0.122. The zero-order valence-corrected chi connectivity index (χ0v) is 15.3. The van der Waals surface area contributed by atoms with E-state index in [1.165, 1.54) is 29.8 Å². The monoisotopic (exact) mass is 369 g/mol. The van der Waals surface area contributed by atoms with Crippen molar-refractivity contribution in [2.24, 2.45) is 7.05 Å². The number of amides is 1. The predicted octanol–water partition coefficient (Wildman–Crippen LogP) is 3.03. The molecule has 0 saturated carbocycles. The highest BCUT2D eigenvalue weighted by molar-refractivity contribution is 5.94. The van der Waals surface area contributed by atoms with E-state index in [0.29, 0.717) is 11.4 Å². The molecule has 140 valence electrons. The van der Waals surface area contributed by atoms with Crippen LogP contribution in [0.1, 0.15) is 12.6 Å². The summed E-state index contributed by atoms with van der Waals surface area (Å²) in [5.74, 6) is -1.12. The van der Waals surface area contributed by atoms with Crippen LogP contribution in [0.5, 0.6) is 5.75 Å². The molecule has 2 aromatic carbocycles. The second-order valence-electron chi connectivity index (χ2n) is 6.12. The van der Waals surface area contributed by atoms with Crippen LogP contribution in [0.15, 0.2) is 59.4 Å². The lowest BCUT2D eigenvalue weighted by Gasteiger charge is -2.14. The molecule has 1 amide bonds. The van der Waals surface area contributed by atoms with Gasteiger partial charge >= 0.3 is 0 Å². The maximum absolute atomic E-state index is 13.7. The Morgan fingerprint density at radius 1 is 1.11 bits per heavy atom. The lowest BCUT2D eigenvalue weighted by atomic mass is 10.3. The Morgan fingerprint density at radius 2 is 1.74 bits per heavy atom. The van der Waals surface area contributed by atoms with E-state index in [2.05, 4.69) is 5.32 Å².